The van der Waals surface area contributed by atoms with Crippen molar-refractivity contribution in [3.05, 3.63) is 64.0 Å². The van der Waals surface area contributed by atoms with Gasteiger partial charge in [0.1, 0.15) is 0 Å². The molecule has 0 aliphatic rings. The molecule has 4 rings (SSSR count). The molecule has 3 aromatic heterocycles. The van der Waals surface area contributed by atoms with Gasteiger partial charge in [-0.3, -0.25) is 14.3 Å². The summed E-state index contributed by atoms with van der Waals surface area (Å²) in [6.45, 7) is 3.96. The SMILES string of the molecule is CC(C)n1c(SCCCc2nc(-c3ccncc3)no2)nc2cc(Cl)ccc2c1=O. The average molecular weight is 442 g/mol. The number of hydrogen-bond donors (Lipinski definition) is 0. The van der Waals surface area contributed by atoms with Crippen LogP contribution in [0.2, 0.25) is 5.02 Å². The molecule has 7 nitrogen and oxygen atoms in total. The fourth-order valence-electron chi connectivity index (χ4n) is 3.07. The summed E-state index contributed by atoms with van der Waals surface area (Å²) in [5.41, 5.74) is 1.44. The lowest BCUT2D eigenvalue weighted by Crippen LogP contribution is -2.25. The van der Waals surface area contributed by atoms with Crippen molar-refractivity contribution in [2.75, 3.05) is 5.75 Å². The summed E-state index contributed by atoms with van der Waals surface area (Å²) in [5.74, 6) is 1.90. The summed E-state index contributed by atoms with van der Waals surface area (Å²) in [6.07, 6.45) is 4.85. The summed E-state index contributed by atoms with van der Waals surface area (Å²) in [7, 11) is 0. The third-order valence-electron chi connectivity index (χ3n) is 4.52. The first kappa shape index (κ1) is 20.6. The number of aromatic nitrogens is 5. The quantitative estimate of drug-likeness (QED) is 0.231. The van der Waals surface area contributed by atoms with Crippen molar-refractivity contribution in [2.45, 2.75) is 37.9 Å². The van der Waals surface area contributed by atoms with Crippen LogP contribution in [-0.4, -0.2) is 30.4 Å². The van der Waals surface area contributed by atoms with Crippen LogP contribution in [0.4, 0.5) is 0 Å². The lowest BCUT2D eigenvalue weighted by molar-refractivity contribution is 0.378. The highest BCUT2D eigenvalue weighted by Gasteiger charge is 2.15. The molecule has 0 aliphatic heterocycles. The Kier molecular flexibility index (Phi) is 6.15. The second kappa shape index (κ2) is 8.97. The van der Waals surface area contributed by atoms with Crippen molar-refractivity contribution in [3.8, 4) is 11.4 Å². The summed E-state index contributed by atoms with van der Waals surface area (Å²) in [4.78, 5) is 26.0. The fourth-order valence-corrected chi connectivity index (χ4v) is 4.30. The van der Waals surface area contributed by atoms with E-state index in [4.69, 9.17) is 21.1 Å². The molecule has 0 amide bonds. The van der Waals surface area contributed by atoms with Crippen molar-refractivity contribution in [1.82, 2.24) is 24.7 Å². The van der Waals surface area contributed by atoms with Gasteiger partial charge in [0.25, 0.3) is 5.56 Å². The van der Waals surface area contributed by atoms with Gasteiger partial charge in [0.2, 0.25) is 11.7 Å². The van der Waals surface area contributed by atoms with Gasteiger partial charge in [-0.05, 0) is 50.6 Å². The zero-order valence-corrected chi connectivity index (χ0v) is 18.2. The number of aryl methyl sites for hydroxylation is 1. The van der Waals surface area contributed by atoms with Gasteiger partial charge >= 0.3 is 0 Å². The second-order valence-corrected chi connectivity index (χ2v) is 8.52. The Labute approximate surface area is 182 Å². The van der Waals surface area contributed by atoms with Crippen LogP contribution in [0.25, 0.3) is 22.3 Å². The predicted molar refractivity (Wildman–Crippen MR) is 118 cm³/mol. The largest absolute Gasteiger partial charge is 0.339 e. The molecule has 0 atom stereocenters. The molecule has 0 saturated carbocycles. The molecule has 0 radical (unpaired) electrons. The smallest absolute Gasteiger partial charge is 0.262 e. The average Bonchev–Trinajstić information content (AvgIpc) is 3.20. The van der Waals surface area contributed by atoms with Crippen molar-refractivity contribution >= 4 is 34.3 Å². The zero-order valence-electron chi connectivity index (χ0n) is 16.6. The molecule has 4 aromatic rings. The van der Waals surface area contributed by atoms with E-state index in [2.05, 4.69) is 15.1 Å². The number of rotatable bonds is 7. The second-order valence-electron chi connectivity index (χ2n) is 7.02. The lowest BCUT2D eigenvalue weighted by Gasteiger charge is -2.16. The number of halogens is 1. The van der Waals surface area contributed by atoms with Crippen molar-refractivity contribution in [3.63, 3.8) is 0 Å². The number of benzene rings is 1. The Hall–Kier alpha value is -2.71. The fraction of sp³-hybridized carbons (Fsp3) is 0.286. The molecule has 0 saturated heterocycles. The van der Waals surface area contributed by atoms with E-state index < -0.39 is 0 Å². The first-order chi connectivity index (χ1) is 14.5. The van der Waals surface area contributed by atoms with Crippen molar-refractivity contribution < 1.29 is 4.52 Å². The van der Waals surface area contributed by atoms with Crippen LogP contribution in [0.5, 0.6) is 0 Å². The standard InChI is InChI=1S/C21H20ClN5O2S/c1-13(2)27-20(28)16-6-5-15(22)12-17(16)24-21(27)30-11-3-4-18-25-19(26-29-18)14-7-9-23-10-8-14/h5-10,12-13H,3-4,11H2,1-2H3. The normalized spacial score (nSPS) is 11.5. The zero-order chi connectivity index (χ0) is 21.1. The maximum Gasteiger partial charge on any atom is 0.262 e. The third kappa shape index (κ3) is 4.39. The molecule has 0 fully saturated rings. The Morgan fingerprint density at radius 1 is 1.17 bits per heavy atom. The minimum atomic E-state index is -0.0481. The molecule has 9 heteroatoms. The number of pyridine rings is 1. The Balaban J connectivity index is 1.46. The molecule has 30 heavy (non-hydrogen) atoms. The monoisotopic (exact) mass is 441 g/mol. The van der Waals surface area contributed by atoms with Crippen LogP contribution < -0.4 is 5.56 Å². The van der Waals surface area contributed by atoms with Gasteiger partial charge in [-0.1, -0.05) is 28.5 Å². The van der Waals surface area contributed by atoms with Gasteiger partial charge in [0, 0.05) is 41.2 Å². The third-order valence-corrected chi connectivity index (χ3v) is 5.79. The number of nitrogens with zero attached hydrogens (tertiary/aromatic N) is 5. The lowest BCUT2D eigenvalue weighted by atomic mass is 10.2. The predicted octanol–water partition coefficient (Wildman–Crippen LogP) is 4.80. The number of hydrogen-bond acceptors (Lipinski definition) is 7. The molecule has 0 spiro atoms. The van der Waals surface area contributed by atoms with Gasteiger partial charge in [0.15, 0.2) is 5.16 Å². The summed E-state index contributed by atoms with van der Waals surface area (Å²) in [6, 6.07) is 8.87. The molecule has 1 aromatic carbocycles. The van der Waals surface area contributed by atoms with Gasteiger partial charge in [-0.2, -0.15) is 4.98 Å². The van der Waals surface area contributed by atoms with Gasteiger partial charge in [0.05, 0.1) is 10.9 Å². The number of thioether (sulfide) groups is 1. The summed E-state index contributed by atoms with van der Waals surface area (Å²) >= 11 is 7.63. The molecule has 0 unspecified atom stereocenters. The van der Waals surface area contributed by atoms with E-state index >= 15 is 0 Å². The van der Waals surface area contributed by atoms with E-state index in [0.29, 0.717) is 39.2 Å². The molecule has 0 aliphatic carbocycles. The van der Waals surface area contributed by atoms with E-state index in [9.17, 15) is 4.79 Å². The maximum absolute atomic E-state index is 12.9. The van der Waals surface area contributed by atoms with Crippen LogP contribution >= 0.6 is 23.4 Å². The van der Waals surface area contributed by atoms with Gasteiger partial charge in [-0.15, -0.1) is 0 Å². The van der Waals surface area contributed by atoms with Crippen LogP contribution in [0, 0.1) is 0 Å². The highest BCUT2D eigenvalue weighted by Crippen LogP contribution is 2.24. The summed E-state index contributed by atoms with van der Waals surface area (Å²) in [5, 5.41) is 5.85. The number of fused-ring (bicyclic) bond motifs is 1. The highest BCUT2D eigenvalue weighted by molar-refractivity contribution is 7.99. The van der Waals surface area contributed by atoms with E-state index in [0.717, 1.165) is 17.7 Å². The Morgan fingerprint density at radius 3 is 2.73 bits per heavy atom. The van der Waals surface area contributed by atoms with Crippen LogP contribution in [0.1, 0.15) is 32.2 Å². The Morgan fingerprint density at radius 2 is 1.97 bits per heavy atom. The van der Waals surface area contributed by atoms with Crippen molar-refractivity contribution in [2.24, 2.45) is 0 Å². The first-order valence-corrected chi connectivity index (χ1v) is 11.0. The molecular formula is C21H20ClN5O2S. The molecule has 3 heterocycles. The van der Waals surface area contributed by atoms with E-state index in [1.54, 1.807) is 46.9 Å². The van der Waals surface area contributed by atoms with Crippen molar-refractivity contribution in [1.29, 1.82) is 0 Å². The first-order valence-electron chi connectivity index (χ1n) is 9.60. The molecule has 0 bridgehead atoms. The summed E-state index contributed by atoms with van der Waals surface area (Å²) < 4.78 is 7.08. The van der Waals surface area contributed by atoms with Crippen LogP contribution in [0.3, 0.4) is 0 Å². The topological polar surface area (TPSA) is 86.7 Å². The van der Waals surface area contributed by atoms with E-state index in [1.807, 2.05) is 26.0 Å². The maximum atomic E-state index is 12.9. The Bertz CT molecular complexity index is 1220. The molecular weight excluding hydrogens is 422 g/mol. The highest BCUT2D eigenvalue weighted by atomic mass is 35.5. The molecule has 0 N–H and O–H groups in total. The van der Waals surface area contributed by atoms with Crippen LogP contribution in [-0.2, 0) is 6.42 Å². The van der Waals surface area contributed by atoms with Gasteiger partial charge in [-0.25, -0.2) is 4.98 Å². The molecule has 154 valence electrons. The van der Waals surface area contributed by atoms with Crippen LogP contribution in [0.15, 0.2) is 57.2 Å². The van der Waals surface area contributed by atoms with E-state index in [1.165, 1.54) is 0 Å². The van der Waals surface area contributed by atoms with E-state index in [-0.39, 0.29) is 11.6 Å². The minimum absolute atomic E-state index is 0.00596. The minimum Gasteiger partial charge on any atom is -0.339 e. The van der Waals surface area contributed by atoms with Gasteiger partial charge < -0.3 is 4.52 Å².